The Hall–Kier alpha value is -2.92. The van der Waals surface area contributed by atoms with Crippen molar-refractivity contribution in [3.05, 3.63) is 82.7 Å². The molecule has 1 aliphatic heterocycles. The van der Waals surface area contributed by atoms with Crippen LogP contribution in [0.25, 0.3) is 5.69 Å². The van der Waals surface area contributed by atoms with Gasteiger partial charge < -0.3 is 5.32 Å². The molecule has 2 heterocycles. The Bertz CT molecular complexity index is 1000. The zero-order chi connectivity index (χ0) is 20.9. The van der Waals surface area contributed by atoms with E-state index in [-0.39, 0.29) is 5.91 Å². The fourth-order valence-corrected chi connectivity index (χ4v) is 4.13. The Balaban J connectivity index is 1.29. The third-order valence-electron chi connectivity index (χ3n) is 5.68. The smallest absolute Gasteiger partial charge is 0.251 e. The van der Waals surface area contributed by atoms with Gasteiger partial charge in [-0.25, -0.2) is 4.68 Å². The molecule has 2 aromatic carbocycles. The van der Waals surface area contributed by atoms with E-state index in [9.17, 15) is 4.79 Å². The quantitative estimate of drug-likeness (QED) is 0.648. The van der Waals surface area contributed by atoms with Crippen molar-refractivity contribution in [1.29, 1.82) is 0 Å². The highest BCUT2D eigenvalue weighted by Crippen LogP contribution is 2.15. The number of amides is 1. The minimum atomic E-state index is -0.00228. The summed E-state index contributed by atoms with van der Waals surface area (Å²) < 4.78 is 1.95. The average molecular weight is 403 g/mol. The van der Waals surface area contributed by atoms with E-state index in [1.165, 1.54) is 24.0 Å². The minimum absolute atomic E-state index is 0.00228. The third kappa shape index (κ3) is 4.97. The second kappa shape index (κ2) is 9.26. The zero-order valence-corrected chi connectivity index (χ0v) is 17.9. The van der Waals surface area contributed by atoms with Crippen LogP contribution in [0.4, 0.5) is 0 Å². The minimum Gasteiger partial charge on any atom is -0.352 e. The summed E-state index contributed by atoms with van der Waals surface area (Å²) in [6.45, 7) is 7.94. The van der Waals surface area contributed by atoms with Crippen LogP contribution in [0.1, 0.15) is 45.7 Å². The SMILES string of the molecule is Cc1cc(C)n(-c2ccc(CCNC(=O)c3cccc(CN4CCCC4)c3)cc2)n1. The van der Waals surface area contributed by atoms with Crippen LogP contribution < -0.4 is 5.32 Å². The molecule has 0 radical (unpaired) electrons. The molecule has 156 valence electrons. The first kappa shape index (κ1) is 20.4. The van der Waals surface area contributed by atoms with Crippen LogP contribution in [0, 0.1) is 13.8 Å². The van der Waals surface area contributed by atoms with E-state index in [2.05, 4.69) is 58.6 Å². The Morgan fingerprint density at radius 3 is 2.47 bits per heavy atom. The van der Waals surface area contributed by atoms with Gasteiger partial charge in [-0.3, -0.25) is 9.69 Å². The maximum absolute atomic E-state index is 12.6. The molecule has 0 aliphatic carbocycles. The number of nitrogens with one attached hydrogen (secondary N) is 1. The molecule has 5 nitrogen and oxygen atoms in total. The molecule has 0 atom stereocenters. The van der Waals surface area contributed by atoms with Gasteiger partial charge >= 0.3 is 0 Å². The second-order valence-corrected chi connectivity index (χ2v) is 8.19. The molecule has 0 unspecified atom stereocenters. The summed E-state index contributed by atoms with van der Waals surface area (Å²) in [7, 11) is 0. The first-order chi connectivity index (χ1) is 14.6. The fraction of sp³-hybridized carbons (Fsp3) is 0.360. The molecule has 1 fully saturated rings. The van der Waals surface area contributed by atoms with Crippen molar-refractivity contribution in [3.63, 3.8) is 0 Å². The number of carbonyl (C=O) groups is 1. The van der Waals surface area contributed by atoms with Gasteiger partial charge in [-0.1, -0.05) is 24.3 Å². The van der Waals surface area contributed by atoms with Crippen molar-refractivity contribution in [2.75, 3.05) is 19.6 Å². The first-order valence-electron chi connectivity index (χ1n) is 10.8. The summed E-state index contributed by atoms with van der Waals surface area (Å²) in [6.07, 6.45) is 3.36. The molecule has 1 saturated heterocycles. The van der Waals surface area contributed by atoms with E-state index in [1.54, 1.807) is 0 Å². The normalized spacial score (nSPS) is 14.2. The highest BCUT2D eigenvalue weighted by Gasteiger charge is 2.13. The highest BCUT2D eigenvalue weighted by atomic mass is 16.1. The van der Waals surface area contributed by atoms with Gasteiger partial charge in [-0.2, -0.15) is 5.10 Å². The number of likely N-dealkylation sites (tertiary alicyclic amines) is 1. The van der Waals surface area contributed by atoms with Crippen LogP contribution in [-0.2, 0) is 13.0 Å². The summed E-state index contributed by atoms with van der Waals surface area (Å²) in [4.78, 5) is 15.0. The van der Waals surface area contributed by atoms with Gasteiger partial charge in [0.1, 0.15) is 0 Å². The fourth-order valence-electron chi connectivity index (χ4n) is 4.13. The monoisotopic (exact) mass is 402 g/mol. The zero-order valence-electron chi connectivity index (χ0n) is 17.9. The maximum Gasteiger partial charge on any atom is 0.251 e. The second-order valence-electron chi connectivity index (χ2n) is 8.19. The summed E-state index contributed by atoms with van der Waals surface area (Å²) in [6, 6.07) is 18.5. The van der Waals surface area contributed by atoms with Crippen LogP contribution in [0.5, 0.6) is 0 Å². The van der Waals surface area contributed by atoms with Crippen LogP contribution in [0.2, 0.25) is 0 Å². The number of carbonyl (C=O) groups excluding carboxylic acids is 1. The Morgan fingerprint density at radius 1 is 1.00 bits per heavy atom. The summed E-state index contributed by atoms with van der Waals surface area (Å²) in [5, 5.41) is 7.58. The topological polar surface area (TPSA) is 50.2 Å². The van der Waals surface area contributed by atoms with Gasteiger partial charge in [0.15, 0.2) is 0 Å². The number of nitrogens with zero attached hydrogens (tertiary/aromatic N) is 3. The van der Waals surface area contributed by atoms with E-state index >= 15 is 0 Å². The lowest BCUT2D eigenvalue weighted by molar-refractivity contribution is 0.0954. The van der Waals surface area contributed by atoms with Crippen molar-refractivity contribution in [2.24, 2.45) is 0 Å². The Kier molecular flexibility index (Phi) is 6.29. The molecular formula is C25H30N4O. The van der Waals surface area contributed by atoms with Crippen LogP contribution in [0.15, 0.2) is 54.6 Å². The average Bonchev–Trinajstić information content (AvgIpc) is 3.37. The lowest BCUT2D eigenvalue weighted by atomic mass is 10.1. The molecule has 4 rings (SSSR count). The van der Waals surface area contributed by atoms with Crippen molar-refractivity contribution in [2.45, 2.75) is 39.7 Å². The number of rotatable bonds is 7. The van der Waals surface area contributed by atoms with E-state index in [1.807, 2.05) is 29.8 Å². The van der Waals surface area contributed by atoms with Gasteiger partial charge in [0.05, 0.1) is 11.4 Å². The predicted octanol–water partition coefficient (Wildman–Crippen LogP) is 4.06. The molecule has 1 aromatic heterocycles. The molecule has 30 heavy (non-hydrogen) atoms. The third-order valence-corrected chi connectivity index (χ3v) is 5.68. The van der Waals surface area contributed by atoms with Crippen LogP contribution >= 0.6 is 0 Å². The molecular weight excluding hydrogens is 372 g/mol. The van der Waals surface area contributed by atoms with Gasteiger partial charge in [0, 0.05) is 24.3 Å². The number of hydrogen-bond donors (Lipinski definition) is 1. The molecule has 1 amide bonds. The van der Waals surface area contributed by atoms with Crippen LogP contribution in [-0.4, -0.2) is 40.2 Å². The van der Waals surface area contributed by atoms with Gasteiger partial charge in [-0.15, -0.1) is 0 Å². The van der Waals surface area contributed by atoms with Crippen molar-refractivity contribution in [3.8, 4) is 5.69 Å². The van der Waals surface area contributed by atoms with Crippen molar-refractivity contribution < 1.29 is 4.79 Å². The Labute approximate surface area is 178 Å². The largest absolute Gasteiger partial charge is 0.352 e. The highest BCUT2D eigenvalue weighted by molar-refractivity contribution is 5.94. The summed E-state index contributed by atoms with van der Waals surface area (Å²) >= 11 is 0. The number of aryl methyl sites for hydroxylation is 2. The van der Waals surface area contributed by atoms with Gasteiger partial charge in [0.2, 0.25) is 0 Å². The molecule has 0 spiro atoms. The lowest BCUT2D eigenvalue weighted by Crippen LogP contribution is -2.26. The van der Waals surface area contributed by atoms with E-state index < -0.39 is 0 Å². The summed E-state index contributed by atoms with van der Waals surface area (Å²) in [5.74, 6) is -0.00228. The molecule has 1 aliphatic rings. The van der Waals surface area contributed by atoms with E-state index in [4.69, 9.17) is 0 Å². The van der Waals surface area contributed by atoms with Crippen molar-refractivity contribution in [1.82, 2.24) is 20.0 Å². The molecule has 0 bridgehead atoms. The van der Waals surface area contributed by atoms with Crippen LogP contribution in [0.3, 0.4) is 0 Å². The molecule has 3 aromatic rings. The van der Waals surface area contributed by atoms with Crippen molar-refractivity contribution >= 4 is 5.91 Å². The maximum atomic E-state index is 12.6. The predicted molar refractivity (Wildman–Crippen MR) is 120 cm³/mol. The number of hydrogen-bond acceptors (Lipinski definition) is 3. The molecule has 0 saturated carbocycles. The van der Waals surface area contributed by atoms with Gasteiger partial charge in [0.25, 0.3) is 5.91 Å². The molecule has 5 heteroatoms. The number of benzene rings is 2. The van der Waals surface area contributed by atoms with E-state index in [0.29, 0.717) is 6.54 Å². The Morgan fingerprint density at radius 2 is 1.77 bits per heavy atom. The lowest BCUT2D eigenvalue weighted by Gasteiger charge is -2.15. The van der Waals surface area contributed by atoms with Gasteiger partial charge in [-0.05, 0) is 87.7 Å². The number of aromatic nitrogens is 2. The summed E-state index contributed by atoms with van der Waals surface area (Å²) in [5.41, 5.74) is 6.35. The first-order valence-corrected chi connectivity index (χ1v) is 10.8. The standard InChI is InChI=1S/C25H30N4O/c1-19-16-20(2)29(27-19)24-10-8-21(9-11-24)12-13-26-25(30)23-7-5-6-22(17-23)18-28-14-3-4-15-28/h5-11,16-17H,3-4,12-15,18H2,1-2H3,(H,26,30). The van der Waals surface area contributed by atoms with E-state index in [0.717, 1.165) is 48.7 Å². The molecule has 1 N–H and O–H groups in total.